The van der Waals surface area contributed by atoms with Crippen LogP contribution in [0.15, 0.2) is 0 Å². The molecule has 0 bridgehead atoms. The Morgan fingerprint density at radius 3 is 1.73 bits per heavy atom. The molecular weight excluding hydrogens is 164 g/mol. The number of hydrogen-bond acceptors (Lipinski definition) is 1. The van der Waals surface area contributed by atoms with E-state index in [0.717, 1.165) is 25.9 Å². The van der Waals surface area contributed by atoms with E-state index in [1.54, 1.807) is 0 Å². The zero-order valence-corrected chi connectivity index (χ0v) is 7.96. The Kier molecular flexibility index (Phi) is 11.4. The zero-order chi connectivity index (χ0) is 7.82. The van der Waals surface area contributed by atoms with E-state index in [0.29, 0.717) is 0 Å². The number of halogens is 1. The Morgan fingerprint density at radius 2 is 1.45 bits per heavy atom. The molecule has 2 N–H and O–H groups in total. The van der Waals surface area contributed by atoms with Crippen LogP contribution in [0.4, 0.5) is 4.79 Å². The van der Waals surface area contributed by atoms with E-state index in [1.165, 1.54) is 0 Å². The van der Waals surface area contributed by atoms with Gasteiger partial charge in [0.05, 0.1) is 0 Å². The fraction of sp³-hybridized carbons (Fsp3) is 0.857. The molecule has 11 heavy (non-hydrogen) atoms. The minimum absolute atomic E-state index is 0. The topological polar surface area (TPSA) is 41.1 Å². The van der Waals surface area contributed by atoms with Gasteiger partial charge in [0, 0.05) is 13.1 Å². The average Bonchev–Trinajstić information content (AvgIpc) is 1.97. The lowest BCUT2D eigenvalue weighted by molar-refractivity contribution is 0.241. The van der Waals surface area contributed by atoms with Crippen molar-refractivity contribution in [1.29, 1.82) is 0 Å². The molecule has 2 amide bonds. The molecule has 4 heteroatoms. The van der Waals surface area contributed by atoms with Crippen LogP contribution in [0.3, 0.4) is 0 Å². The van der Waals surface area contributed by atoms with Crippen LogP contribution >= 0.6 is 12.4 Å². The van der Waals surface area contributed by atoms with Crippen LogP contribution < -0.4 is 10.6 Å². The van der Waals surface area contributed by atoms with Crippen LogP contribution in [-0.4, -0.2) is 19.1 Å². The molecule has 0 spiro atoms. The normalized spacial score (nSPS) is 8.18. The van der Waals surface area contributed by atoms with Crippen molar-refractivity contribution in [2.45, 2.75) is 26.7 Å². The van der Waals surface area contributed by atoms with Crippen molar-refractivity contribution >= 4 is 18.4 Å². The number of rotatable bonds is 4. The second kappa shape index (κ2) is 9.56. The van der Waals surface area contributed by atoms with Crippen molar-refractivity contribution in [1.82, 2.24) is 10.6 Å². The van der Waals surface area contributed by atoms with Crippen molar-refractivity contribution in [3.8, 4) is 0 Å². The predicted molar refractivity (Wildman–Crippen MR) is 49.2 cm³/mol. The number of carbonyl (C=O) groups excluding carboxylic acids is 1. The summed E-state index contributed by atoms with van der Waals surface area (Å²) >= 11 is 0. The van der Waals surface area contributed by atoms with Gasteiger partial charge in [-0.05, 0) is 12.8 Å². The number of amides is 2. The zero-order valence-electron chi connectivity index (χ0n) is 7.14. The molecular formula is C7H17ClN2O. The summed E-state index contributed by atoms with van der Waals surface area (Å²) in [5.74, 6) is 0. The van der Waals surface area contributed by atoms with Gasteiger partial charge in [0.2, 0.25) is 0 Å². The maximum atomic E-state index is 10.7. The molecule has 0 saturated carbocycles. The molecule has 0 rings (SSSR count). The molecule has 0 aromatic rings. The third-order valence-electron chi connectivity index (χ3n) is 1.07. The third-order valence-corrected chi connectivity index (χ3v) is 1.07. The van der Waals surface area contributed by atoms with Gasteiger partial charge in [-0.3, -0.25) is 0 Å². The third kappa shape index (κ3) is 9.56. The molecule has 68 valence electrons. The van der Waals surface area contributed by atoms with Crippen LogP contribution in [-0.2, 0) is 0 Å². The number of hydrogen-bond donors (Lipinski definition) is 2. The van der Waals surface area contributed by atoms with Crippen LogP contribution in [0.25, 0.3) is 0 Å². The first-order valence-corrected chi connectivity index (χ1v) is 3.83. The maximum Gasteiger partial charge on any atom is 0.314 e. The Balaban J connectivity index is 0. The Bertz CT molecular complexity index is 88.4. The fourth-order valence-electron chi connectivity index (χ4n) is 0.540. The average molecular weight is 181 g/mol. The van der Waals surface area contributed by atoms with E-state index in [2.05, 4.69) is 10.6 Å². The summed E-state index contributed by atoms with van der Waals surface area (Å²) < 4.78 is 0. The Hall–Kier alpha value is -0.440. The summed E-state index contributed by atoms with van der Waals surface area (Å²) in [7, 11) is 0. The van der Waals surface area contributed by atoms with E-state index in [-0.39, 0.29) is 18.4 Å². The molecule has 3 nitrogen and oxygen atoms in total. The number of carbonyl (C=O) groups is 1. The summed E-state index contributed by atoms with van der Waals surface area (Å²) in [4.78, 5) is 10.7. The number of urea groups is 1. The molecule has 0 heterocycles. The monoisotopic (exact) mass is 180 g/mol. The van der Waals surface area contributed by atoms with Crippen LogP contribution in [0.5, 0.6) is 0 Å². The largest absolute Gasteiger partial charge is 0.338 e. The second-order valence-electron chi connectivity index (χ2n) is 2.18. The summed E-state index contributed by atoms with van der Waals surface area (Å²) in [6.07, 6.45) is 1.97. The SMILES string of the molecule is CCCNC(=O)NCCC.Cl. The molecule has 0 radical (unpaired) electrons. The first-order chi connectivity index (χ1) is 4.81. The first-order valence-electron chi connectivity index (χ1n) is 3.83. The van der Waals surface area contributed by atoms with Crippen LogP contribution in [0, 0.1) is 0 Å². The number of nitrogens with one attached hydrogen (secondary N) is 2. The molecule has 0 saturated heterocycles. The van der Waals surface area contributed by atoms with Gasteiger partial charge in [0.25, 0.3) is 0 Å². The highest BCUT2D eigenvalue weighted by Crippen LogP contribution is 1.72. The second-order valence-corrected chi connectivity index (χ2v) is 2.18. The van der Waals surface area contributed by atoms with Gasteiger partial charge < -0.3 is 10.6 Å². The molecule has 0 aromatic heterocycles. The lowest BCUT2D eigenvalue weighted by Gasteiger charge is -2.03. The van der Waals surface area contributed by atoms with E-state index in [1.807, 2.05) is 13.8 Å². The van der Waals surface area contributed by atoms with Gasteiger partial charge in [-0.2, -0.15) is 0 Å². The molecule has 0 aliphatic rings. The molecule has 0 aromatic carbocycles. The van der Waals surface area contributed by atoms with Crippen molar-refractivity contribution < 1.29 is 4.79 Å². The standard InChI is InChI=1S/C7H16N2O.ClH/c1-3-5-8-7(10)9-6-4-2;/h3-6H2,1-2H3,(H2,8,9,10);1H. The molecule has 0 atom stereocenters. The van der Waals surface area contributed by atoms with Gasteiger partial charge in [-0.15, -0.1) is 12.4 Å². The van der Waals surface area contributed by atoms with Crippen molar-refractivity contribution in [3.63, 3.8) is 0 Å². The minimum atomic E-state index is -0.0521. The summed E-state index contributed by atoms with van der Waals surface area (Å²) in [5, 5.41) is 5.43. The quantitative estimate of drug-likeness (QED) is 0.677. The van der Waals surface area contributed by atoms with Gasteiger partial charge in [-0.1, -0.05) is 13.8 Å². The summed E-state index contributed by atoms with van der Waals surface area (Å²) in [6.45, 7) is 5.57. The Labute approximate surface area is 74.3 Å². The lowest BCUT2D eigenvalue weighted by Crippen LogP contribution is -2.36. The van der Waals surface area contributed by atoms with Crippen LogP contribution in [0.1, 0.15) is 26.7 Å². The van der Waals surface area contributed by atoms with Gasteiger partial charge >= 0.3 is 6.03 Å². The Morgan fingerprint density at radius 1 is 1.09 bits per heavy atom. The van der Waals surface area contributed by atoms with E-state index in [9.17, 15) is 4.79 Å². The van der Waals surface area contributed by atoms with Crippen molar-refractivity contribution in [2.75, 3.05) is 13.1 Å². The minimum Gasteiger partial charge on any atom is -0.338 e. The van der Waals surface area contributed by atoms with Gasteiger partial charge in [-0.25, -0.2) is 4.79 Å². The molecule has 0 fully saturated rings. The predicted octanol–water partition coefficient (Wildman–Crippen LogP) is 1.53. The fourth-order valence-corrected chi connectivity index (χ4v) is 0.540. The van der Waals surface area contributed by atoms with Crippen molar-refractivity contribution in [2.24, 2.45) is 0 Å². The van der Waals surface area contributed by atoms with Gasteiger partial charge in [0.15, 0.2) is 0 Å². The van der Waals surface area contributed by atoms with Crippen LogP contribution in [0.2, 0.25) is 0 Å². The maximum absolute atomic E-state index is 10.7. The molecule has 0 unspecified atom stereocenters. The smallest absolute Gasteiger partial charge is 0.314 e. The van der Waals surface area contributed by atoms with Crippen molar-refractivity contribution in [3.05, 3.63) is 0 Å². The van der Waals surface area contributed by atoms with E-state index < -0.39 is 0 Å². The highest BCUT2D eigenvalue weighted by Gasteiger charge is 1.93. The van der Waals surface area contributed by atoms with E-state index >= 15 is 0 Å². The highest BCUT2D eigenvalue weighted by molar-refractivity contribution is 5.85. The van der Waals surface area contributed by atoms with Gasteiger partial charge in [0.1, 0.15) is 0 Å². The lowest BCUT2D eigenvalue weighted by atomic mass is 10.5. The van der Waals surface area contributed by atoms with E-state index in [4.69, 9.17) is 0 Å². The summed E-state index contributed by atoms with van der Waals surface area (Å²) in [6, 6.07) is -0.0521. The summed E-state index contributed by atoms with van der Waals surface area (Å²) in [5.41, 5.74) is 0. The molecule has 0 aliphatic carbocycles. The highest BCUT2D eigenvalue weighted by atomic mass is 35.5. The molecule has 0 aliphatic heterocycles. The first kappa shape index (κ1) is 13.2.